The standard InChI is InChI=1S/C19H14F7N4O2/c1-11(31)30-15-6-5-13(17(20,18(21,22)23)19(24,25)26)8-12(15)10-29(16(30)32)28(2)14-4-3-7-27-9-14/h3-9H,2,10H2,1H3/q+1. The quantitative estimate of drug-likeness (QED) is 0.379. The molecule has 1 aromatic heterocycles. The predicted molar refractivity (Wildman–Crippen MR) is 96.7 cm³/mol. The van der Waals surface area contributed by atoms with Gasteiger partial charge < -0.3 is 0 Å². The summed E-state index contributed by atoms with van der Waals surface area (Å²) in [6.45, 7) is 4.01. The maximum absolute atomic E-state index is 14.5. The Hall–Kier alpha value is -3.51. The number of carbonyl (C=O) groups is 2. The van der Waals surface area contributed by atoms with Gasteiger partial charge in [-0.1, -0.05) is 15.8 Å². The van der Waals surface area contributed by atoms with Gasteiger partial charge in [0.25, 0.3) is 5.69 Å². The first-order chi connectivity index (χ1) is 14.7. The van der Waals surface area contributed by atoms with Crippen molar-refractivity contribution >= 4 is 30.0 Å². The van der Waals surface area contributed by atoms with Crippen molar-refractivity contribution in [3.05, 3.63) is 53.9 Å². The molecular weight excluding hydrogens is 449 g/mol. The average Bonchev–Trinajstić information content (AvgIpc) is 2.70. The van der Waals surface area contributed by atoms with Gasteiger partial charge in [0.1, 0.15) is 12.7 Å². The predicted octanol–water partition coefficient (Wildman–Crippen LogP) is 4.62. The number of imide groups is 1. The molecule has 0 atom stereocenters. The highest BCUT2D eigenvalue weighted by Crippen LogP contribution is 2.53. The van der Waals surface area contributed by atoms with Crippen LogP contribution in [0.15, 0.2) is 42.7 Å². The van der Waals surface area contributed by atoms with Gasteiger partial charge in [-0.05, 0) is 18.2 Å². The van der Waals surface area contributed by atoms with Gasteiger partial charge in [0.15, 0.2) is 6.72 Å². The van der Waals surface area contributed by atoms with Gasteiger partial charge in [-0.3, -0.25) is 9.78 Å². The average molecular weight is 463 g/mol. The first kappa shape index (κ1) is 23.2. The van der Waals surface area contributed by atoms with Crippen LogP contribution < -0.4 is 4.90 Å². The minimum Gasteiger partial charge on any atom is -0.274 e. The molecule has 0 aliphatic carbocycles. The Morgan fingerprint density at radius 2 is 1.72 bits per heavy atom. The molecule has 0 saturated heterocycles. The molecule has 3 amide bonds. The number of amides is 3. The van der Waals surface area contributed by atoms with E-state index >= 15 is 0 Å². The Balaban J connectivity index is 2.16. The Bertz CT molecular complexity index is 1070. The van der Waals surface area contributed by atoms with Crippen LogP contribution in [0.5, 0.6) is 0 Å². The molecule has 3 rings (SSSR count). The molecule has 1 aliphatic rings. The van der Waals surface area contributed by atoms with E-state index in [0.717, 1.165) is 16.6 Å². The highest BCUT2D eigenvalue weighted by molar-refractivity contribution is 6.14. The lowest BCUT2D eigenvalue weighted by Crippen LogP contribution is -2.52. The molecule has 0 bridgehead atoms. The van der Waals surface area contributed by atoms with Gasteiger partial charge in [0.05, 0.1) is 5.69 Å². The molecule has 0 fully saturated rings. The summed E-state index contributed by atoms with van der Waals surface area (Å²) in [5.74, 6) is -0.869. The van der Waals surface area contributed by atoms with Crippen molar-refractivity contribution in [2.75, 3.05) is 4.90 Å². The molecule has 1 aliphatic heterocycles. The molecule has 0 unspecified atom stereocenters. The summed E-state index contributed by atoms with van der Waals surface area (Å²) >= 11 is 0. The number of hydrogen-bond donors (Lipinski definition) is 0. The van der Waals surface area contributed by atoms with E-state index < -0.39 is 42.1 Å². The molecule has 0 radical (unpaired) electrons. The number of pyridine rings is 1. The SMILES string of the molecule is C=[N+](c1cccnc1)N1Cc2cc(C(F)(C(F)(F)F)C(F)(F)F)ccc2N(C(C)=O)C1=O. The molecule has 0 N–H and O–H groups in total. The van der Waals surface area contributed by atoms with Gasteiger partial charge in [-0.25, -0.2) is 14.1 Å². The molecule has 0 spiro atoms. The maximum Gasteiger partial charge on any atom is 0.435 e. The zero-order valence-corrected chi connectivity index (χ0v) is 16.2. The zero-order valence-electron chi connectivity index (χ0n) is 16.2. The van der Waals surface area contributed by atoms with Crippen LogP contribution in [0.2, 0.25) is 0 Å². The monoisotopic (exact) mass is 463 g/mol. The van der Waals surface area contributed by atoms with Crippen molar-refractivity contribution < 1.29 is 45.0 Å². The van der Waals surface area contributed by atoms with Crippen LogP contribution >= 0.6 is 0 Å². The topological polar surface area (TPSA) is 56.5 Å². The summed E-state index contributed by atoms with van der Waals surface area (Å²) in [5.41, 5.74) is -7.75. The molecule has 32 heavy (non-hydrogen) atoms. The Morgan fingerprint density at radius 3 is 2.22 bits per heavy atom. The molecule has 2 aromatic rings. The molecule has 2 heterocycles. The number of anilines is 1. The lowest BCUT2D eigenvalue weighted by atomic mass is 9.91. The molecule has 6 nitrogen and oxygen atoms in total. The molecular formula is C19H14F7N4O2+. The Kier molecular flexibility index (Phi) is 5.48. The fraction of sp³-hybridized carbons (Fsp3) is 0.263. The van der Waals surface area contributed by atoms with E-state index in [4.69, 9.17) is 0 Å². The fourth-order valence-electron chi connectivity index (χ4n) is 3.22. The second-order valence-corrected chi connectivity index (χ2v) is 6.80. The smallest absolute Gasteiger partial charge is 0.274 e. The number of alkyl halides is 7. The third-order valence-corrected chi connectivity index (χ3v) is 4.78. The lowest BCUT2D eigenvalue weighted by molar-refractivity contribution is -0.596. The van der Waals surface area contributed by atoms with Crippen molar-refractivity contribution in [1.82, 2.24) is 9.99 Å². The number of carbonyl (C=O) groups excluding carboxylic acids is 2. The van der Waals surface area contributed by atoms with E-state index in [-0.39, 0.29) is 23.0 Å². The Labute approximate surface area is 176 Å². The number of hydrazine groups is 1. The first-order valence-electron chi connectivity index (χ1n) is 8.78. The van der Waals surface area contributed by atoms with Crippen LogP contribution in [-0.4, -0.2) is 45.7 Å². The number of benzene rings is 1. The minimum absolute atomic E-state index is 0.231. The van der Waals surface area contributed by atoms with Crippen molar-refractivity contribution in [1.29, 1.82) is 0 Å². The van der Waals surface area contributed by atoms with Gasteiger partial charge >= 0.3 is 24.1 Å². The number of aromatic nitrogens is 1. The molecule has 170 valence electrons. The largest absolute Gasteiger partial charge is 0.435 e. The second kappa shape index (κ2) is 7.57. The molecule has 1 aromatic carbocycles. The summed E-state index contributed by atoms with van der Waals surface area (Å²) in [4.78, 5) is 29.3. The van der Waals surface area contributed by atoms with E-state index in [1.807, 2.05) is 0 Å². The van der Waals surface area contributed by atoms with Crippen LogP contribution in [0.3, 0.4) is 0 Å². The fourth-order valence-corrected chi connectivity index (χ4v) is 3.22. The number of nitrogens with zero attached hydrogens (tertiary/aromatic N) is 4. The number of hydrogen-bond acceptors (Lipinski definition) is 3. The van der Waals surface area contributed by atoms with Gasteiger partial charge in [0, 0.05) is 30.3 Å². The summed E-state index contributed by atoms with van der Waals surface area (Å²) in [6, 6.07) is 3.25. The zero-order chi connectivity index (χ0) is 24.1. The van der Waals surface area contributed by atoms with Crippen LogP contribution in [0.4, 0.5) is 46.9 Å². The minimum atomic E-state index is -6.31. The Morgan fingerprint density at radius 1 is 1.09 bits per heavy atom. The maximum atomic E-state index is 14.5. The van der Waals surface area contributed by atoms with E-state index in [1.54, 1.807) is 0 Å². The van der Waals surface area contributed by atoms with Crippen molar-refractivity contribution in [3.8, 4) is 0 Å². The van der Waals surface area contributed by atoms with E-state index in [9.17, 15) is 40.3 Å². The van der Waals surface area contributed by atoms with Gasteiger partial charge in [-0.15, -0.1) is 0 Å². The van der Waals surface area contributed by atoms with Crippen LogP contribution in [0, 0.1) is 0 Å². The highest BCUT2D eigenvalue weighted by atomic mass is 19.4. The third-order valence-electron chi connectivity index (χ3n) is 4.78. The number of halogens is 7. The second-order valence-electron chi connectivity index (χ2n) is 6.80. The highest BCUT2D eigenvalue weighted by Gasteiger charge is 2.73. The lowest BCUT2D eigenvalue weighted by Gasteiger charge is -2.34. The van der Waals surface area contributed by atoms with Crippen LogP contribution in [-0.2, 0) is 17.0 Å². The number of hydrazone groups is 1. The summed E-state index contributed by atoms with van der Waals surface area (Å²) in [7, 11) is 0. The van der Waals surface area contributed by atoms with Gasteiger partial charge in [-0.2, -0.15) is 26.3 Å². The first-order valence-corrected chi connectivity index (χ1v) is 8.78. The molecule has 13 heteroatoms. The number of fused-ring (bicyclic) bond motifs is 1. The number of rotatable bonds is 3. The summed E-state index contributed by atoms with van der Waals surface area (Å²) < 4.78 is 94.5. The van der Waals surface area contributed by atoms with Gasteiger partial charge in [0.2, 0.25) is 5.91 Å². The van der Waals surface area contributed by atoms with Crippen molar-refractivity contribution in [3.63, 3.8) is 0 Å². The van der Waals surface area contributed by atoms with E-state index in [1.165, 1.54) is 24.5 Å². The summed E-state index contributed by atoms with van der Waals surface area (Å²) in [6.07, 6.45) is -9.92. The normalized spacial score (nSPS) is 14.9. The third kappa shape index (κ3) is 3.56. The number of urea groups is 1. The summed E-state index contributed by atoms with van der Waals surface area (Å²) in [5, 5.41) is 0.797. The molecule has 0 saturated carbocycles. The van der Waals surface area contributed by atoms with Crippen LogP contribution in [0.25, 0.3) is 0 Å². The van der Waals surface area contributed by atoms with Crippen molar-refractivity contribution in [2.45, 2.75) is 31.5 Å². The van der Waals surface area contributed by atoms with Crippen LogP contribution in [0.1, 0.15) is 18.1 Å². The van der Waals surface area contributed by atoms with E-state index in [0.29, 0.717) is 17.0 Å². The van der Waals surface area contributed by atoms with Crippen molar-refractivity contribution in [2.24, 2.45) is 0 Å². The van der Waals surface area contributed by atoms with E-state index in [2.05, 4.69) is 11.7 Å².